The van der Waals surface area contributed by atoms with Gasteiger partial charge in [0.1, 0.15) is 6.10 Å². The molecule has 0 amide bonds. The molecule has 1 aliphatic carbocycles. The first-order valence-corrected chi connectivity index (χ1v) is 7.54. The number of hydrogen-bond acceptors (Lipinski definition) is 2. The van der Waals surface area contributed by atoms with Gasteiger partial charge < -0.3 is 4.74 Å². The molecule has 0 saturated heterocycles. The Hall–Kier alpha value is -0.790. The van der Waals surface area contributed by atoms with Crippen LogP contribution in [0.2, 0.25) is 0 Å². The number of allylic oxidation sites excluding steroid dienone is 1. The minimum absolute atomic E-state index is 0.0619. The normalized spacial score (nSPS) is 20.5. The largest absolute Gasteiger partial charge is 0.462 e. The molecule has 0 aliphatic heterocycles. The zero-order valence-corrected chi connectivity index (χ0v) is 13.5. The number of rotatable bonds is 3. The molecule has 1 rings (SSSR count). The summed E-state index contributed by atoms with van der Waals surface area (Å²) in [5.41, 5.74) is 0.470. The highest BCUT2D eigenvalue weighted by Gasteiger charge is 2.44. The van der Waals surface area contributed by atoms with E-state index in [1.807, 2.05) is 20.8 Å². The molecular formula is C17H30O2. The first-order valence-electron chi connectivity index (χ1n) is 7.54. The number of ether oxygens (including phenoxy) is 1. The number of esters is 1. The third-order valence-electron chi connectivity index (χ3n) is 4.39. The van der Waals surface area contributed by atoms with Crippen molar-refractivity contribution in [3.8, 4) is 0 Å². The Balaban J connectivity index is 2.86. The summed E-state index contributed by atoms with van der Waals surface area (Å²) in [5.74, 6) is -0.0619. The van der Waals surface area contributed by atoms with Crippen LogP contribution in [0.4, 0.5) is 0 Å². The van der Waals surface area contributed by atoms with Gasteiger partial charge in [-0.3, -0.25) is 4.79 Å². The van der Waals surface area contributed by atoms with Gasteiger partial charge in [-0.25, -0.2) is 0 Å². The summed E-state index contributed by atoms with van der Waals surface area (Å²) < 4.78 is 5.80. The van der Waals surface area contributed by atoms with E-state index in [1.165, 1.54) is 19.3 Å². The summed E-state index contributed by atoms with van der Waals surface area (Å²) >= 11 is 0. The predicted octanol–water partition coefficient (Wildman–Crippen LogP) is 4.88. The average molecular weight is 266 g/mol. The van der Waals surface area contributed by atoms with Crippen LogP contribution in [-0.2, 0) is 9.53 Å². The van der Waals surface area contributed by atoms with Crippen molar-refractivity contribution in [2.24, 2.45) is 10.8 Å². The molecule has 1 fully saturated rings. The Labute approximate surface area is 118 Å². The quantitative estimate of drug-likeness (QED) is 0.537. The van der Waals surface area contributed by atoms with E-state index in [9.17, 15) is 4.79 Å². The maximum atomic E-state index is 12.6. The summed E-state index contributed by atoms with van der Waals surface area (Å²) in [6.07, 6.45) is 7.91. The van der Waals surface area contributed by atoms with Crippen LogP contribution in [0.1, 0.15) is 73.6 Å². The molecule has 0 aromatic rings. The van der Waals surface area contributed by atoms with E-state index < -0.39 is 5.41 Å². The summed E-state index contributed by atoms with van der Waals surface area (Å²) in [5, 5.41) is 0. The van der Waals surface area contributed by atoms with E-state index in [0.717, 1.165) is 18.4 Å². The summed E-state index contributed by atoms with van der Waals surface area (Å²) in [7, 11) is 0. The zero-order chi connectivity index (χ0) is 14.7. The second-order valence-electron chi connectivity index (χ2n) is 7.34. The lowest BCUT2D eigenvalue weighted by molar-refractivity contribution is -0.164. The van der Waals surface area contributed by atoms with Crippen molar-refractivity contribution < 1.29 is 9.53 Å². The highest BCUT2D eigenvalue weighted by atomic mass is 16.5. The van der Waals surface area contributed by atoms with Crippen LogP contribution in [0.15, 0.2) is 11.6 Å². The highest BCUT2D eigenvalue weighted by molar-refractivity contribution is 5.80. The molecule has 0 spiro atoms. The van der Waals surface area contributed by atoms with Gasteiger partial charge in [0.25, 0.3) is 0 Å². The predicted molar refractivity (Wildman–Crippen MR) is 80.0 cm³/mol. The maximum Gasteiger partial charge on any atom is 0.316 e. The van der Waals surface area contributed by atoms with Crippen molar-refractivity contribution in [3.05, 3.63) is 11.6 Å². The molecular weight excluding hydrogens is 236 g/mol. The van der Waals surface area contributed by atoms with E-state index in [0.29, 0.717) is 0 Å². The molecule has 1 unspecified atom stereocenters. The molecule has 0 bridgehead atoms. The van der Waals surface area contributed by atoms with Crippen LogP contribution in [0, 0.1) is 10.8 Å². The standard InChI is InChI=1S/C17H30O2/c1-13(2)12-17(6,16(3,4)5)15(18)19-14-10-8-7-9-11-14/h12,14H,7-11H2,1-6H3. The monoisotopic (exact) mass is 266 g/mol. The Morgan fingerprint density at radius 2 is 1.58 bits per heavy atom. The molecule has 2 heteroatoms. The molecule has 19 heavy (non-hydrogen) atoms. The fourth-order valence-electron chi connectivity index (χ4n) is 2.62. The fraction of sp³-hybridized carbons (Fsp3) is 0.824. The second kappa shape index (κ2) is 6.11. The van der Waals surface area contributed by atoms with Gasteiger partial charge in [-0.1, -0.05) is 38.8 Å². The van der Waals surface area contributed by atoms with Gasteiger partial charge in [0.2, 0.25) is 0 Å². The van der Waals surface area contributed by atoms with E-state index in [4.69, 9.17) is 4.74 Å². The molecule has 1 atom stereocenters. The van der Waals surface area contributed by atoms with Crippen LogP contribution >= 0.6 is 0 Å². The van der Waals surface area contributed by atoms with E-state index >= 15 is 0 Å². The van der Waals surface area contributed by atoms with Gasteiger partial charge in [-0.2, -0.15) is 0 Å². The van der Waals surface area contributed by atoms with Gasteiger partial charge in [-0.15, -0.1) is 0 Å². The van der Waals surface area contributed by atoms with Gasteiger partial charge in [0.05, 0.1) is 5.41 Å². The second-order valence-corrected chi connectivity index (χ2v) is 7.34. The SMILES string of the molecule is CC(C)=CC(C)(C(=O)OC1CCCCC1)C(C)(C)C. The highest BCUT2D eigenvalue weighted by Crippen LogP contribution is 2.42. The number of carbonyl (C=O) groups excluding carboxylic acids is 1. The topological polar surface area (TPSA) is 26.3 Å². The van der Waals surface area contributed by atoms with Crippen LogP contribution < -0.4 is 0 Å². The third kappa shape index (κ3) is 4.09. The lowest BCUT2D eigenvalue weighted by Gasteiger charge is -2.39. The molecule has 1 aliphatic rings. The van der Waals surface area contributed by atoms with E-state index in [2.05, 4.69) is 26.8 Å². The van der Waals surface area contributed by atoms with Crippen LogP contribution in [-0.4, -0.2) is 12.1 Å². The average Bonchev–Trinajstić information content (AvgIpc) is 2.27. The van der Waals surface area contributed by atoms with Crippen LogP contribution in [0.5, 0.6) is 0 Å². The lowest BCUT2D eigenvalue weighted by Crippen LogP contribution is -2.42. The minimum atomic E-state index is -0.552. The van der Waals surface area contributed by atoms with Gasteiger partial charge in [-0.05, 0) is 51.9 Å². The van der Waals surface area contributed by atoms with Crippen molar-refractivity contribution in [1.82, 2.24) is 0 Å². The van der Waals surface area contributed by atoms with Gasteiger partial charge >= 0.3 is 5.97 Å². The Morgan fingerprint density at radius 1 is 1.05 bits per heavy atom. The third-order valence-corrected chi connectivity index (χ3v) is 4.39. The molecule has 0 radical (unpaired) electrons. The summed E-state index contributed by atoms with van der Waals surface area (Å²) in [6.45, 7) is 12.4. The molecule has 0 heterocycles. The molecule has 0 aromatic heterocycles. The number of carbonyl (C=O) groups is 1. The van der Waals surface area contributed by atoms with Crippen molar-refractivity contribution >= 4 is 5.97 Å². The minimum Gasteiger partial charge on any atom is -0.462 e. The van der Waals surface area contributed by atoms with Crippen LogP contribution in [0.3, 0.4) is 0 Å². The molecule has 110 valence electrons. The summed E-state index contributed by atoms with van der Waals surface area (Å²) in [6, 6.07) is 0. The first-order chi connectivity index (χ1) is 8.67. The lowest BCUT2D eigenvalue weighted by atomic mass is 9.67. The molecule has 1 saturated carbocycles. The first kappa shape index (κ1) is 16.3. The van der Waals surface area contributed by atoms with E-state index in [-0.39, 0.29) is 17.5 Å². The zero-order valence-electron chi connectivity index (χ0n) is 13.5. The van der Waals surface area contributed by atoms with Crippen molar-refractivity contribution in [2.75, 3.05) is 0 Å². The molecule has 0 N–H and O–H groups in total. The van der Waals surface area contributed by atoms with Crippen molar-refractivity contribution in [3.63, 3.8) is 0 Å². The fourth-order valence-corrected chi connectivity index (χ4v) is 2.62. The van der Waals surface area contributed by atoms with Crippen molar-refractivity contribution in [2.45, 2.75) is 79.8 Å². The summed E-state index contributed by atoms with van der Waals surface area (Å²) in [4.78, 5) is 12.6. The smallest absolute Gasteiger partial charge is 0.316 e. The Morgan fingerprint density at radius 3 is 2.00 bits per heavy atom. The molecule has 0 aromatic carbocycles. The maximum absolute atomic E-state index is 12.6. The van der Waals surface area contributed by atoms with Gasteiger partial charge in [0.15, 0.2) is 0 Å². The van der Waals surface area contributed by atoms with Gasteiger partial charge in [0, 0.05) is 0 Å². The van der Waals surface area contributed by atoms with Crippen LogP contribution in [0.25, 0.3) is 0 Å². The Kier molecular flexibility index (Phi) is 5.23. The Bertz CT molecular complexity index is 339. The van der Waals surface area contributed by atoms with E-state index in [1.54, 1.807) is 0 Å². The number of hydrogen-bond donors (Lipinski definition) is 0. The molecule has 2 nitrogen and oxygen atoms in total. The van der Waals surface area contributed by atoms with Crippen molar-refractivity contribution in [1.29, 1.82) is 0 Å².